The van der Waals surface area contributed by atoms with E-state index >= 15 is 0 Å². The van der Waals surface area contributed by atoms with Crippen LogP contribution in [0.2, 0.25) is 0 Å². The van der Waals surface area contributed by atoms with Gasteiger partial charge in [-0.25, -0.2) is 10.3 Å². The molecule has 2 atom stereocenters. The molecule has 1 aromatic rings. The lowest BCUT2D eigenvalue weighted by Crippen LogP contribution is -2.45. The second-order valence-corrected chi connectivity index (χ2v) is 5.45. The van der Waals surface area contributed by atoms with Crippen molar-refractivity contribution in [2.24, 2.45) is 5.92 Å². The molecule has 0 aliphatic heterocycles. The molecule has 2 amide bonds. The van der Waals surface area contributed by atoms with Crippen LogP contribution in [-0.2, 0) is 11.4 Å². The van der Waals surface area contributed by atoms with Gasteiger partial charge in [-0.3, -0.25) is 4.84 Å². The van der Waals surface area contributed by atoms with E-state index in [0.29, 0.717) is 12.8 Å². The highest BCUT2D eigenvalue weighted by Gasteiger charge is 2.42. The van der Waals surface area contributed by atoms with Crippen LogP contribution in [0.15, 0.2) is 30.3 Å². The van der Waals surface area contributed by atoms with Gasteiger partial charge in [0.1, 0.15) is 0 Å². The minimum Gasteiger partial charge on any atom is -0.334 e. The quantitative estimate of drug-likeness (QED) is 0.835. The van der Waals surface area contributed by atoms with Gasteiger partial charge in [-0.15, -0.1) is 0 Å². The third-order valence-electron chi connectivity index (χ3n) is 3.72. The molecular formula is C15H19F3N2O2. The van der Waals surface area contributed by atoms with Crippen molar-refractivity contribution in [2.45, 2.75) is 44.5 Å². The second-order valence-electron chi connectivity index (χ2n) is 5.45. The molecule has 2 N–H and O–H groups in total. The molecule has 0 spiro atoms. The van der Waals surface area contributed by atoms with E-state index in [9.17, 15) is 18.0 Å². The molecule has 1 fully saturated rings. The average molecular weight is 316 g/mol. The monoisotopic (exact) mass is 316 g/mol. The zero-order valence-corrected chi connectivity index (χ0v) is 12.0. The van der Waals surface area contributed by atoms with Gasteiger partial charge in [-0.1, -0.05) is 36.8 Å². The highest BCUT2D eigenvalue weighted by Crippen LogP contribution is 2.37. The normalized spacial score (nSPS) is 22.1. The van der Waals surface area contributed by atoms with Crippen molar-refractivity contribution in [3.8, 4) is 0 Å². The Bertz CT molecular complexity index is 479. The summed E-state index contributed by atoms with van der Waals surface area (Å²) in [6, 6.07) is 8.16. The minimum atomic E-state index is -4.19. The summed E-state index contributed by atoms with van der Waals surface area (Å²) in [6.07, 6.45) is -3.12. The predicted molar refractivity (Wildman–Crippen MR) is 74.7 cm³/mol. The Morgan fingerprint density at radius 1 is 1.23 bits per heavy atom. The van der Waals surface area contributed by atoms with Crippen molar-refractivity contribution in [2.75, 3.05) is 0 Å². The summed E-state index contributed by atoms with van der Waals surface area (Å²) < 4.78 is 38.1. The molecule has 122 valence electrons. The highest BCUT2D eigenvalue weighted by atomic mass is 19.4. The van der Waals surface area contributed by atoms with E-state index in [4.69, 9.17) is 4.84 Å². The average Bonchev–Trinajstić information content (AvgIpc) is 2.48. The zero-order valence-electron chi connectivity index (χ0n) is 12.0. The largest absolute Gasteiger partial charge is 0.391 e. The molecule has 1 saturated carbocycles. The number of nitrogens with one attached hydrogen (secondary N) is 2. The molecule has 0 unspecified atom stereocenters. The van der Waals surface area contributed by atoms with Crippen molar-refractivity contribution in [1.82, 2.24) is 10.8 Å². The standard InChI is InChI=1S/C15H19F3N2O2/c16-15(17,18)12-7-4-8-13(9-12)19-14(21)20-22-10-11-5-2-1-3-6-11/h1-3,5-6,12-13H,4,7-10H2,(H2,19,20,21)/t12-,13+/m0/s1. The maximum Gasteiger partial charge on any atom is 0.391 e. The number of rotatable bonds is 4. The minimum absolute atomic E-state index is 0.0738. The molecular weight excluding hydrogens is 297 g/mol. The fourth-order valence-corrected chi connectivity index (χ4v) is 2.59. The molecule has 7 heteroatoms. The van der Waals surface area contributed by atoms with Gasteiger partial charge in [0.25, 0.3) is 0 Å². The number of carbonyl (C=O) groups is 1. The topological polar surface area (TPSA) is 50.4 Å². The first-order valence-electron chi connectivity index (χ1n) is 7.24. The van der Waals surface area contributed by atoms with Crippen LogP contribution in [-0.4, -0.2) is 18.2 Å². The van der Waals surface area contributed by atoms with Crippen LogP contribution in [0, 0.1) is 5.92 Å². The van der Waals surface area contributed by atoms with Crippen LogP contribution in [0.25, 0.3) is 0 Å². The summed E-state index contributed by atoms with van der Waals surface area (Å²) in [5, 5.41) is 2.53. The van der Waals surface area contributed by atoms with Gasteiger partial charge in [-0.05, 0) is 24.8 Å². The number of hydrogen-bond donors (Lipinski definition) is 2. The van der Waals surface area contributed by atoms with E-state index in [-0.39, 0.29) is 19.4 Å². The number of hydrogen-bond acceptors (Lipinski definition) is 2. The van der Waals surface area contributed by atoms with Gasteiger partial charge in [0, 0.05) is 6.04 Å². The summed E-state index contributed by atoms with van der Waals surface area (Å²) in [4.78, 5) is 16.7. The fraction of sp³-hybridized carbons (Fsp3) is 0.533. The van der Waals surface area contributed by atoms with Gasteiger partial charge in [0.15, 0.2) is 0 Å². The van der Waals surface area contributed by atoms with Crippen molar-refractivity contribution < 1.29 is 22.8 Å². The maximum absolute atomic E-state index is 12.7. The Morgan fingerprint density at radius 3 is 2.64 bits per heavy atom. The van der Waals surface area contributed by atoms with Crippen LogP contribution in [0.5, 0.6) is 0 Å². The molecule has 0 radical (unpaired) electrons. The first-order valence-corrected chi connectivity index (χ1v) is 7.24. The van der Waals surface area contributed by atoms with Crippen molar-refractivity contribution >= 4 is 6.03 Å². The van der Waals surface area contributed by atoms with E-state index < -0.39 is 24.2 Å². The van der Waals surface area contributed by atoms with Crippen LogP contribution in [0.1, 0.15) is 31.2 Å². The predicted octanol–water partition coefficient (Wildman–Crippen LogP) is 3.54. The number of alkyl halides is 3. The number of amides is 2. The third-order valence-corrected chi connectivity index (χ3v) is 3.72. The van der Waals surface area contributed by atoms with E-state index in [1.165, 1.54) is 0 Å². The smallest absolute Gasteiger partial charge is 0.334 e. The summed E-state index contributed by atoms with van der Waals surface area (Å²) in [6.45, 7) is 0.199. The first-order chi connectivity index (χ1) is 10.4. The van der Waals surface area contributed by atoms with E-state index in [2.05, 4.69) is 10.8 Å². The first kappa shape index (κ1) is 16.6. The molecule has 0 saturated heterocycles. The van der Waals surface area contributed by atoms with Crippen LogP contribution in [0.4, 0.5) is 18.0 Å². The Balaban J connectivity index is 1.70. The Kier molecular flexibility index (Phi) is 5.65. The fourth-order valence-electron chi connectivity index (χ4n) is 2.59. The van der Waals surface area contributed by atoms with E-state index in [1.807, 2.05) is 30.3 Å². The van der Waals surface area contributed by atoms with E-state index in [0.717, 1.165) is 5.56 Å². The van der Waals surface area contributed by atoms with Gasteiger partial charge >= 0.3 is 12.2 Å². The Morgan fingerprint density at radius 2 is 1.95 bits per heavy atom. The summed E-state index contributed by atoms with van der Waals surface area (Å²) >= 11 is 0. The van der Waals surface area contributed by atoms with Gasteiger partial charge in [-0.2, -0.15) is 13.2 Å². The SMILES string of the molecule is O=C(NOCc1ccccc1)N[C@@H]1CCC[C@H](C(F)(F)F)C1. The summed E-state index contributed by atoms with van der Waals surface area (Å²) in [7, 11) is 0. The molecule has 22 heavy (non-hydrogen) atoms. The molecule has 1 aromatic carbocycles. The molecule has 1 aliphatic carbocycles. The molecule has 0 aromatic heterocycles. The molecule has 2 rings (SSSR count). The lowest BCUT2D eigenvalue weighted by Gasteiger charge is -2.30. The zero-order chi connectivity index (χ0) is 16.0. The van der Waals surface area contributed by atoms with Crippen LogP contribution < -0.4 is 10.8 Å². The molecule has 4 nitrogen and oxygen atoms in total. The van der Waals surface area contributed by atoms with Crippen molar-refractivity contribution in [3.63, 3.8) is 0 Å². The van der Waals surface area contributed by atoms with Gasteiger partial charge in [0.05, 0.1) is 12.5 Å². The lowest BCUT2D eigenvalue weighted by molar-refractivity contribution is -0.183. The number of urea groups is 1. The maximum atomic E-state index is 12.7. The van der Waals surface area contributed by atoms with Crippen molar-refractivity contribution in [1.29, 1.82) is 0 Å². The molecule has 0 heterocycles. The Labute approximate surface area is 127 Å². The molecule has 0 bridgehead atoms. The second kappa shape index (κ2) is 7.49. The van der Waals surface area contributed by atoms with Gasteiger partial charge in [0.2, 0.25) is 0 Å². The van der Waals surface area contributed by atoms with Crippen LogP contribution in [0.3, 0.4) is 0 Å². The number of benzene rings is 1. The van der Waals surface area contributed by atoms with Gasteiger partial charge < -0.3 is 5.32 Å². The summed E-state index contributed by atoms with van der Waals surface area (Å²) in [5.41, 5.74) is 3.09. The highest BCUT2D eigenvalue weighted by molar-refractivity contribution is 5.73. The Hall–Kier alpha value is -1.76. The third kappa shape index (κ3) is 5.22. The summed E-state index contributed by atoms with van der Waals surface area (Å²) in [5.74, 6) is -1.34. The number of carbonyl (C=O) groups excluding carboxylic acids is 1. The molecule has 1 aliphatic rings. The number of hydroxylamine groups is 1. The van der Waals surface area contributed by atoms with Crippen LogP contribution >= 0.6 is 0 Å². The van der Waals surface area contributed by atoms with Crippen molar-refractivity contribution in [3.05, 3.63) is 35.9 Å². The number of halogens is 3. The lowest BCUT2D eigenvalue weighted by atomic mass is 9.85. The van der Waals surface area contributed by atoms with E-state index in [1.54, 1.807) is 0 Å².